The molecule has 0 aliphatic carbocycles. The van der Waals surface area contributed by atoms with Crippen LogP contribution in [0.1, 0.15) is 13.8 Å². The highest BCUT2D eigenvalue weighted by molar-refractivity contribution is 6.32. The molecule has 0 saturated carbocycles. The van der Waals surface area contributed by atoms with Crippen LogP contribution in [0.5, 0.6) is 5.75 Å². The smallest absolute Gasteiger partial charge is 0.138 e. The molecule has 0 saturated heterocycles. The number of rotatable bonds is 6. The lowest BCUT2D eigenvalue weighted by molar-refractivity contribution is -0.0122. The molecule has 1 rings (SSSR count). The summed E-state index contributed by atoms with van der Waals surface area (Å²) in [5, 5.41) is 9.72. The molecule has 1 aromatic carbocycles. The second-order valence-electron chi connectivity index (χ2n) is 3.92. The molecule has 17 heavy (non-hydrogen) atoms. The van der Waals surface area contributed by atoms with Gasteiger partial charge in [0.15, 0.2) is 0 Å². The number of ether oxygens (including phenoxy) is 2. The summed E-state index contributed by atoms with van der Waals surface area (Å²) in [5.74, 6) is -0.0808. The number of aliphatic hydroxyl groups excluding tert-OH is 1. The Hall–Kier alpha value is -0.840. The van der Waals surface area contributed by atoms with Crippen LogP contribution < -0.4 is 4.74 Å². The Balaban J connectivity index is 2.39. The maximum absolute atomic E-state index is 12.7. The highest BCUT2D eigenvalue weighted by Crippen LogP contribution is 2.24. The zero-order chi connectivity index (χ0) is 12.8. The van der Waals surface area contributed by atoms with Crippen LogP contribution in [0, 0.1) is 5.82 Å². The van der Waals surface area contributed by atoms with Crippen molar-refractivity contribution in [2.24, 2.45) is 0 Å². The molecule has 1 atom stereocenters. The van der Waals surface area contributed by atoms with E-state index in [1.54, 1.807) is 0 Å². The van der Waals surface area contributed by atoms with Gasteiger partial charge in [0.25, 0.3) is 0 Å². The molecule has 0 spiro atoms. The minimum Gasteiger partial charge on any atom is -0.489 e. The van der Waals surface area contributed by atoms with E-state index >= 15 is 0 Å². The molecule has 96 valence electrons. The fourth-order valence-electron chi connectivity index (χ4n) is 1.13. The third-order valence-electron chi connectivity index (χ3n) is 1.95. The lowest BCUT2D eigenvalue weighted by Crippen LogP contribution is -2.25. The van der Waals surface area contributed by atoms with E-state index in [0.29, 0.717) is 5.75 Å². The summed E-state index contributed by atoms with van der Waals surface area (Å²) in [4.78, 5) is 0. The average molecular weight is 263 g/mol. The standard InChI is InChI=1S/C12H16ClFO3/c1-8(2)16-6-10(15)7-17-12-4-3-9(14)5-11(12)13/h3-5,8,10,15H,6-7H2,1-2H3/t10-/m0/s1. The normalized spacial score (nSPS) is 12.8. The van der Waals surface area contributed by atoms with E-state index in [1.165, 1.54) is 12.1 Å². The van der Waals surface area contributed by atoms with Gasteiger partial charge in [0, 0.05) is 0 Å². The number of hydrogen-bond acceptors (Lipinski definition) is 3. The maximum atomic E-state index is 12.7. The fourth-order valence-corrected chi connectivity index (χ4v) is 1.35. The summed E-state index contributed by atoms with van der Waals surface area (Å²) in [6, 6.07) is 3.83. The molecule has 0 heterocycles. The van der Waals surface area contributed by atoms with Gasteiger partial charge in [-0.15, -0.1) is 0 Å². The third-order valence-corrected chi connectivity index (χ3v) is 2.24. The molecule has 0 radical (unpaired) electrons. The van der Waals surface area contributed by atoms with Gasteiger partial charge in [0.2, 0.25) is 0 Å². The third kappa shape index (κ3) is 5.35. The van der Waals surface area contributed by atoms with Crippen molar-refractivity contribution in [3.05, 3.63) is 29.0 Å². The number of hydrogen-bond donors (Lipinski definition) is 1. The monoisotopic (exact) mass is 262 g/mol. The van der Waals surface area contributed by atoms with Gasteiger partial charge in [-0.2, -0.15) is 0 Å². The van der Waals surface area contributed by atoms with Crippen LogP contribution in [0.15, 0.2) is 18.2 Å². The van der Waals surface area contributed by atoms with Gasteiger partial charge in [-0.25, -0.2) is 4.39 Å². The number of aliphatic hydroxyl groups is 1. The Morgan fingerprint density at radius 1 is 1.35 bits per heavy atom. The second-order valence-corrected chi connectivity index (χ2v) is 4.33. The first-order valence-corrected chi connectivity index (χ1v) is 5.74. The van der Waals surface area contributed by atoms with Crippen LogP contribution in [-0.4, -0.2) is 30.5 Å². The van der Waals surface area contributed by atoms with Crippen LogP contribution in [0.3, 0.4) is 0 Å². The molecule has 0 bridgehead atoms. The van der Waals surface area contributed by atoms with Crippen molar-refractivity contribution >= 4 is 11.6 Å². The largest absolute Gasteiger partial charge is 0.489 e. The summed E-state index contributed by atoms with van der Waals surface area (Å²) in [5.41, 5.74) is 0. The lowest BCUT2D eigenvalue weighted by Gasteiger charge is -2.15. The first-order chi connectivity index (χ1) is 7.99. The Morgan fingerprint density at radius 2 is 2.06 bits per heavy atom. The number of halogens is 2. The van der Waals surface area contributed by atoms with Crippen LogP contribution in [0.25, 0.3) is 0 Å². The molecule has 5 heteroatoms. The van der Waals surface area contributed by atoms with Gasteiger partial charge in [-0.05, 0) is 32.0 Å². The Bertz CT molecular complexity index is 358. The van der Waals surface area contributed by atoms with Gasteiger partial charge in [0.05, 0.1) is 17.7 Å². The summed E-state index contributed by atoms with van der Waals surface area (Å²) in [7, 11) is 0. The predicted octanol–water partition coefficient (Wildman–Crippen LogP) is 2.64. The topological polar surface area (TPSA) is 38.7 Å². The van der Waals surface area contributed by atoms with E-state index in [0.717, 1.165) is 6.07 Å². The zero-order valence-corrected chi connectivity index (χ0v) is 10.6. The van der Waals surface area contributed by atoms with E-state index in [9.17, 15) is 9.50 Å². The van der Waals surface area contributed by atoms with Crippen molar-refractivity contribution in [2.75, 3.05) is 13.2 Å². The zero-order valence-electron chi connectivity index (χ0n) is 9.82. The molecule has 1 N–H and O–H groups in total. The highest BCUT2D eigenvalue weighted by atomic mass is 35.5. The summed E-state index contributed by atoms with van der Waals surface area (Å²) in [6.07, 6.45) is -0.683. The summed E-state index contributed by atoms with van der Waals surface area (Å²) in [6.45, 7) is 4.00. The predicted molar refractivity (Wildman–Crippen MR) is 64.0 cm³/mol. The van der Waals surface area contributed by atoms with Crippen molar-refractivity contribution in [2.45, 2.75) is 26.1 Å². The molecule has 0 aliphatic rings. The second kappa shape index (κ2) is 6.79. The maximum Gasteiger partial charge on any atom is 0.138 e. The van der Waals surface area contributed by atoms with Crippen LogP contribution in [-0.2, 0) is 4.74 Å². The first-order valence-electron chi connectivity index (χ1n) is 5.36. The summed E-state index contributed by atoms with van der Waals surface area (Å²) >= 11 is 5.76. The molecule has 0 unspecified atom stereocenters. The van der Waals surface area contributed by atoms with Gasteiger partial charge in [-0.1, -0.05) is 11.6 Å². The SMILES string of the molecule is CC(C)OC[C@H](O)COc1ccc(F)cc1Cl. The Morgan fingerprint density at radius 3 is 2.65 bits per heavy atom. The van der Waals surface area contributed by atoms with Crippen molar-refractivity contribution < 1.29 is 19.0 Å². The van der Waals surface area contributed by atoms with E-state index in [2.05, 4.69) is 0 Å². The average Bonchev–Trinajstić information content (AvgIpc) is 2.25. The van der Waals surface area contributed by atoms with Crippen molar-refractivity contribution in [3.63, 3.8) is 0 Å². The molecule has 0 aliphatic heterocycles. The van der Waals surface area contributed by atoms with Crippen LogP contribution >= 0.6 is 11.6 Å². The highest BCUT2D eigenvalue weighted by Gasteiger charge is 2.09. The fraction of sp³-hybridized carbons (Fsp3) is 0.500. The Kier molecular flexibility index (Phi) is 5.68. The first kappa shape index (κ1) is 14.2. The minimum atomic E-state index is -0.737. The van der Waals surface area contributed by atoms with Crippen LogP contribution in [0.4, 0.5) is 4.39 Å². The van der Waals surface area contributed by atoms with Gasteiger partial charge in [-0.3, -0.25) is 0 Å². The minimum absolute atomic E-state index is 0.0536. The summed E-state index contributed by atoms with van der Waals surface area (Å²) < 4.78 is 23.2. The Labute approximate surface area is 105 Å². The van der Waals surface area contributed by atoms with E-state index in [4.69, 9.17) is 21.1 Å². The van der Waals surface area contributed by atoms with Crippen LogP contribution in [0.2, 0.25) is 5.02 Å². The lowest BCUT2D eigenvalue weighted by atomic mass is 10.3. The molecule has 0 fully saturated rings. The molecule has 0 amide bonds. The molecular weight excluding hydrogens is 247 g/mol. The van der Waals surface area contributed by atoms with E-state index < -0.39 is 11.9 Å². The quantitative estimate of drug-likeness (QED) is 0.857. The van der Waals surface area contributed by atoms with Crippen molar-refractivity contribution in [1.82, 2.24) is 0 Å². The molecular formula is C12H16ClFO3. The molecule has 3 nitrogen and oxygen atoms in total. The van der Waals surface area contributed by atoms with E-state index in [-0.39, 0.29) is 24.3 Å². The van der Waals surface area contributed by atoms with Gasteiger partial charge in [0.1, 0.15) is 24.3 Å². The number of benzene rings is 1. The van der Waals surface area contributed by atoms with Gasteiger partial charge >= 0.3 is 0 Å². The molecule has 0 aromatic heterocycles. The van der Waals surface area contributed by atoms with Crippen molar-refractivity contribution in [3.8, 4) is 5.75 Å². The molecule has 1 aromatic rings. The van der Waals surface area contributed by atoms with Gasteiger partial charge < -0.3 is 14.6 Å². The van der Waals surface area contributed by atoms with E-state index in [1.807, 2.05) is 13.8 Å². The van der Waals surface area contributed by atoms with Crippen molar-refractivity contribution in [1.29, 1.82) is 0 Å².